The first-order valence-corrected chi connectivity index (χ1v) is 8.86. The number of aromatic nitrogens is 2. The molecule has 23 heavy (non-hydrogen) atoms. The maximum atomic E-state index is 11.8. The van der Waals surface area contributed by atoms with Crippen molar-refractivity contribution in [2.45, 2.75) is 25.4 Å². The Morgan fingerprint density at radius 2 is 2.39 bits per heavy atom. The van der Waals surface area contributed by atoms with E-state index in [-0.39, 0.29) is 12.1 Å². The highest BCUT2D eigenvalue weighted by molar-refractivity contribution is 7.08. The number of carbonyl (C=O) groups is 1. The van der Waals surface area contributed by atoms with Crippen molar-refractivity contribution >= 4 is 17.4 Å². The number of nitrogens with zero attached hydrogens (tertiary/aromatic N) is 4. The smallest absolute Gasteiger partial charge is 0.317 e. The van der Waals surface area contributed by atoms with E-state index >= 15 is 0 Å². The molecule has 0 unspecified atom stereocenters. The molecule has 7 nitrogen and oxygen atoms in total. The van der Waals surface area contributed by atoms with Crippen LogP contribution in [0.3, 0.4) is 0 Å². The molecule has 2 aliphatic heterocycles. The second-order valence-electron chi connectivity index (χ2n) is 5.98. The standard InChI is InChI=1S/C15H19N5O2S/c21-15-16-4-6-20(15)12-2-1-5-19(8-12)9-13-17-14(18-22-13)11-3-7-23-10-11/h3,7,10,12H,1-2,4-6,8-9H2,(H,16,21)/t12-/m0/s1. The third-order valence-electron chi connectivity index (χ3n) is 4.42. The molecule has 0 bridgehead atoms. The van der Waals surface area contributed by atoms with Crippen LogP contribution in [-0.2, 0) is 6.54 Å². The van der Waals surface area contributed by atoms with E-state index in [0.717, 1.165) is 44.6 Å². The van der Waals surface area contributed by atoms with Crippen LogP contribution in [0.15, 0.2) is 21.3 Å². The molecule has 0 saturated carbocycles. The van der Waals surface area contributed by atoms with E-state index in [4.69, 9.17) is 4.52 Å². The van der Waals surface area contributed by atoms with Crippen LogP contribution in [-0.4, -0.2) is 58.2 Å². The molecular formula is C15H19N5O2S. The Hall–Kier alpha value is -1.93. The minimum atomic E-state index is 0.0642. The van der Waals surface area contributed by atoms with E-state index < -0.39 is 0 Å². The third kappa shape index (κ3) is 3.09. The van der Waals surface area contributed by atoms with Crippen molar-refractivity contribution in [1.82, 2.24) is 25.3 Å². The summed E-state index contributed by atoms with van der Waals surface area (Å²) in [6.07, 6.45) is 2.15. The van der Waals surface area contributed by atoms with E-state index in [1.165, 1.54) is 0 Å². The predicted molar refractivity (Wildman–Crippen MR) is 86.0 cm³/mol. The lowest BCUT2D eigenvalue weighted by Gasteiger charge is -2.36. The van der Waals surface area contributed by atoms with E-state index in [1.54, 1.807) is 11.3 Å². The number of urea groups is 1. The normalized spacial score (nSPS) is 22.5. The zero-order valence-corrected chi connectivity index (χ0v) is 13.6. The Kier molecular flexibility index (Phi) is 4.00. The number of amides is 2. The van der Waals surface area contributed by atoms with Crippen LogP contribution in [0.2, 0.25) is 0 Å². The fourth-order valence-electron chi connectivity index (χ4n) is 3.28. The van der Waals surface area contributed by atoms with Crippen molar-refractivity contribution in [3.63, 3.8) is 0 Å². The van der Waals surface area contributed by atoms with E-state index in [0.29, 0.717) is 18.3 Å². The molecule has 4 rings (SSSR count). The average Bonchev–Trinajstić information content (AvgIpc) is 3.28. The van der Waals surface area contributed by atoms with Crippen LogP contribution < -0.4 is 5.32 Å². The van der Waals surface area contributed by atoms with Crippen molar-refractivity contribution in [2.24, 2.45) is 0 Å². The van der Waals surface area contributed by atoms with E-state index in [1.807, 2.05) is 21.7 Å². The Labute approximate surface area is 138 Å². The van der Waals surface area contributed by atoms with Gasteiger partial charge in [-0.15, -0.1) is 0 Å². The molecule has 0 aromatic carbocycles. The first-order valence-electron chi connectivity index (χ1n) is 7.91. The zero-order chi connectivity index (χ0) is 15.6. The Balaban J connectivity index is 1.39. The maximum absolute atomic E-state index is 11.8. The molecule has 2 fully saturated rings. The summed E-state index contributed by atoms with van der Waals surface area (Å²) in [5, 5.41) is 10.9. The Morgan fingerprint density at radius 3 is 3.17 bits per heavy atom. The number of thiophene rings is 1. The van der Waals surface area contributed by atoms with Gasteiger partial charge in [0, 0.05) is 36.6 Å². The van der Waals surface area contributed by atoms with Gasteiger partial charge in [0.05, 0.1) is 6.54 Å². The van der Waals surface area contributed by atoms with Gasteiger partial charge in [-0.25, -0.2) is 4.79 Å². The summed E-state index contributed by atoms with van der Waals surface area (Å²) in [5.74, 6) is 1.28. The lowest BCUT2D eigenvalue weighted by molar-refractivity contribution is 0.113. The van der Waals surface area contributed by atoms with Crippen LogP contribution in [0.25, 0.3) is 11.4 Å². The molecule has 2 amide bonds. The van der Waals surface area contributed by atoms with Crippen molar-refractivity contribution in [2.75, 3.05) is 26.2 Å². The highest BCUT2D eigenvalue weighted by Crippen LogP contribution is 2.21. The SMILES string of the molecule is O=C1NCCN1[C@H]1CCCN(Cc2nc(-c3ccsc3)no2)C1. The molecule has 2 aromatic heterocycles. The van der Waals surface area contributed by atoms with Gasteiger partial charge in [-0.1, -0.05) is 5.16 Å². The zero-order valence-electron chi connectivity index (χ0n) is 12.8. The monoisotopic (exact) mass is 333 g/mol. The molecule has 1 atom stereocenters. The highest BCUT2D eigenvalue weighted by atomic mass is 32.1. The first kappa shape index (κ1) is 14.6. The second kappa shape index (κ2) is 6.29. The Morgan fingerprint density at radius 1 is 1.43 bits per heavy atom. The summed E-state index contributed by atoms with van der Waals surface area (Å²) in [5.41, 5.74) is 0.996. The van der Waals surface area contributed by atoms with E-state index in [9.17, 15) is 4.79 Å². The highest BCUT2D eigenvalue weighted by Gasteiger charge is 2.31. The Bertz CT molecular complexity index is 671. The number of piperidine rings is 1. The molecule has 2 saturated heterocycles. The van der Waals surface area contributed by atoms with Crippen molar-refractivity contribution < 1.29 is 9.32 Å². The van der Waals surface area contributed by atoms with Crippen molar-refractivity contribution in [1.29, 1.82) is 0 Å². The third-order valence-corrected chi connectivity index (χ3v) is 5.10. The van der Waals surface area contributed by atoms with Gasteiger partial charge in [0.15, 0.2) is 0 Å². The summed E-state index contributed by atoms with van der Waals surface area (Å²) < 4.78 is 5.38. The minimum Gasteiger partial charge on any atom is -0.338 e. The number of hydrogen-bond donors (Lipinski definition) is 1. The summed E-state index contributed by atoms with van der Waals surface area (Å²) in [4.78, 5) is 20.6. The van der Waals surface area contributed by atoms with Gasteiger partial charge in [-0.3, -0.25) is 4.90 Å². The summed E-state index contributed by atoms with van der Waals surface area (Å²) in [6.45, 7) is 4.07. The molecule has 0 aliphatic carbocycles. The molecule has 8 heteroatoms. The van der Waals surface area contributed by atoms with Gasteiger partial charge in [-0.2, -0.15) is 16.3 Å². The molecule has 2 aromatic rings. The van der Waals surface area contributed by atoms with Gasteiger partial charge in [0.1, 0.15) is 0 Å². The number of likely N-dealkylation sites (tertiary alicyclic amines) is 1. The van der Waals surface area contributed by atoms with Gasteiger partial charge >= 0.3 is 6.03 Å². The lowest BCUT2D eigenvalue weighted by Crippen LogP contribution is -2.48. The molecule has 1 N–H and O–H groups in total. The van der Waals surface area contributed by atoms with Crippen LogP contribution in [0.4, 0.5) is 4.79 Å². The first-order chi connectivity index (χ1) is 11.3. The minimum absolute atomic E-state index is 0.0642. The molecule has 0 radical (unpaired) electrons. The molecule has 4 heterocycles. The summed E-state index contributed by atoms with van der Waals surface area (Å²) in [7, 11) is 0. The van der Waals surface area contributed by atoms with Gasteiger partial charge in [0.2, 0.25) is 11.7 Å². The van der Waals surface area contributed by atoms with Gasteiger partial charge in [-0.05, 0) is 30.8 Å². The topological polar surface area (TPSA) is 74.5 Å². The largest absolute Gasteiger partial charge is 0.338 e. The van der Waals surface area contributed by atoms with Crippen molar-refractivity contribution in [3.05, 3.63) is 22.7 Å². The second-order valence-corrected chi connectivity index (χ2v) is 6.76. The van der Waals surface area contributed by atoms with Crippen LogP contribution in [0.1, 0.15) is 18.7 Å². The number of rotatable bonds is 4. The number of hydrogen-bond acceptors (Lipinski definition) is 6. The maximum Gasteiger partial charge on any atom is 0.317 e. The van der Waals surface area contributed by atoms with E-state index in [2.05, 4.69) is 20.4 Å². The van der Waals surface area contributed by atoms with Gasteiger partial charge in [0.25, 0.3) is 0 Å². The van der Waals surface area contributed by atoms with Gasteiger partial charge < -0.3 is 14.7 Å². The van der Waals surface area contributed by atoms with Crippen LogP contribution in [0.5, 0.6) is 0 Å². The summed E-state index contributed by atoms with van der Waals surface area (Å²) in [6, 6.07) is 2.34. The number of carbonyl (C=O) groups excluding carboxylic acids is 1. The molecule has 2 aliphatic rings. The molecular weight excluding hydrogens is 314 g/mol. The van der Waals surface area contributed by atoms with Crippen LogP contribution >= 0.6 is 11.3 Å². The lowest BCUT2D eigenvalue weighted by atomic mass is 10.0. The fraction of sp³-hybridized carbons (Fsp3) is 0.533. The fourth-order valence-corrected chi connectivity index (χ4v) is 3.92. The van der Waals surface area contributed by atoms with Crippen LogP contribution in [0, 0.1) is 0 Å². The molecule has 122 valence electrons. The summed E-state index contributed by atoms with van der Waals surface area (Å²) >= 11 is 1.62. The predicted octanol–water partition coefficient (Wildman–Crippen LogP) is 1.79. The molecule has 0 spiro atoms. The van der Waals surface area contributed by atoms with Crippen molar-refractivity contribution in [3.8, 4) is 11.4 Å². The average molecular weight is 333 g/mol. The quantitative estimate of drug-likeness (QED) is 0.923. The number of nitrogens with one attached hydrogen (secondary N) is 1.